The van der Waals surface area contributed by atoms with Crippen LogP contribution in [-0.2, 0) is 4.79 Å². The third-order valence-corrected chi connectivity index (χ3v) is 2.06. The standard InChI is InChI=1S/C10H14ClN3O/c1-3-12-10(15)7(2)14-8-4-5-13-9(11)6-8/h4-7H,3H2,1-2H3,(H,12,15)(H,13,14). The number of rotatable bonds is 4. The molecule has 0 saturated heterocycles. The molecule has 15 heavy (non-hydrogen) atoms. The molecule has 0 aromatic carbocycles. The molecule has 1 heterocycles. The van der Waals surface area contributed by atoms with Gasteiger partial charge in [-0.25, -0.2) is 4.98 Å². The molecule has 1 aromatic rings. The van der Waals surface area contributed by atoms with Crippen LogP contribution in [0.15, 0.2) is 18.3 Å². The number of halogens is 1. The first-order chi connectivity index (χ1) is 7.13. The van der Waals surface area contributed by atoms with Gasteiger partial charge in [-0.3, -0.25) is 4.79 Å². The van der Waals surface area contributed by atoms with Crippen molar-refractivity contribution in [2.75, 3.05) is 11.9 Å². The minimum Gasteiger partial charge on any atom is -0.374 e. The number of likely N-dealkylation sites (N-methyl/N-ethyl adjacent to an activating group) is 1. The number of amides is 1. The van der Waals surface area contributed by atoms with E-state index in [1.54, 1.807) is 25.3 Å². The van der Waals surface area contributed by atoms with Gasteiger partial charge in [0.05, 0.1) is 0 Å². The molecule has 4 nitrogen and oxygen atoms in total. The number of hydrogen-bond donors (Lipinski definition) is 2. The number of nitrogens with zero attached hydrogens (tertiary/aromatic N) is 1. The van der Waals surface area contributed by atoms with Crippen molar-refractivity contribution in [1.29, 1.82) is 0 Å². The lowest BCUT2D eigenvalue weighted by atomic mass is 10.3. The zero-order valence-electron chi connectivity index (χ0n) is 8.75. The molecular weight excluding hydrogens is 214 g/mol. The molecule has 0 radical (unpaired) electrons. The zero-order chi connectivity index (χ0) is 11.3. The van der Waals surface area contributed by atoms with Crippen molar-refractivity contribution in [3.63, 3.8) is 0 Å². The van der Waals surface area contributed by atoms with E-state index in [-0.39, 0.29) is 11.9 Å². The van der Waals surface area contributed by atoms with Crippen LogP contribution < -0.4 is 10.6 Å². The highest BCUT2D eigenvalue weighted by Crippen LogP contribution is 2.12. The van der Waals surface area contributed by atoms with Gasteiger partial charge in [-0.05, 0) is 26.0 Å². The van der Waals surface area contributed by atoms with Crippen molar-refractivity contribution >= 4 is 23.2 Å². The molecule has 82 valence electrons. The Morgan fingerprint density at radius 3 is 3.00 bits per heavy atom. The number of carbonyl (C=O) groups excluding carboxylic acids is 1. The van der Waals surface area contributed by atoms with Crippen molar-refractivity contribution in [2.45, 2.75) is 19.9 Å². The Balaban J connectivity index is 2.58. The molecule has 0 fully saturated rings. The topological polar surface area (TPSA) is 54.0 Å². The highest BCUT2D eigenvalue weighted by atomic mass is 35.5. The quantitative estimate of drug-likeness (QED) is 0.770. The van der Waals surface area contributed by atoms with Crippen LogP contribution in [0.2, 0.25) is 5.15 Å². The average Bonchev–Trinajstić information content (AvgIpc) is 2.18. The first-order valence-corrected chi connectivity index (χ1v) is 5.17. The van der Waals surface area contributed by atoms with E-state index in [9.17, 15) is 4.79 Å². The molecule has 2 N–H and O–H groups in total. The molecule has 1 aromatic heterocycles. The van der Waals surface area contributed by atoms with Crippen molar-refractivity contribution in [2.24, 2.45) is 0 Å². The van der Waals surface area contributed by atoms with Gasteiger partial charge in [0.25, 0.3) is 0 Å². The van der Waals surface area contributed by atoms with Crippen LogP contribution >= 0.6 is 11.6 Å². The molecule has 0 aliphatic carbocycles. The second-order valence-electron chi connectivity index (χ2n) is 3.13. The second kappa shape index (κ2) is 5.56. The SMILES string of the molecule is CCNC(=O)C(C)Nc1ccnc(Cl)c1. The van der Waals surface area contributed by atoms with Gasteiger partial charge < -0.3 is 10.6 Å². The maximum atomic E-state index is 11.4. The summed E-state index contributed by atoms with van der Waals surface area (Å²) < 4.78 is 0. The van der Waals surface area contributed by atoms with Gasteiger partial charge >= 0.3 is 0 Å². The van der Waals surface area contributed by atoms with Crippen LogP contribution in [-0.4, -0.2) is 23.5 Å². The van der Waals surface area contributed by atoms with Gasteiger partial charge in [-0.1, -0.05) is 11.6 Å². The molecule has 5 heteroatoms. The average molecular weight is 228 g/mol. The summed E-state index contributed by atoms with van der Waals surface area (Å²) in [5.74, 6) is -0.0366. The molecule has 0 saturated carbocycles. The maximum Gasteiger partial charge on any atom is 0.242 e. The van der Waals surface area contributed by atoms with Gasteiger partial charge in [0.1, 0.15) is 11.2 Å². The summed E-state index contributed by atoms with van der Waals surface area (Å²) in [5, 5.41) is 6.17. The van der Waals surface area contributed by atoms with E-state index in [0.717, 1.165) is 5.69 Å². The summed E-state index contributed by atoms with van der Waals surface area (Å²) in [5.41, 5.74) is 0.786. The first kappa shape index (κ1) is 11.8. The van der Waals surface area contributed by atoms with Crippen molar-refractivity contribution in [3.05, 3.63) is 23.5 Å². The van der Waals surface area contributed by atoms with Crippen molar-refractivity contribution in [3.8, 4) is 0 Å². The largest absolute Gasteiger partial charge is 0.374 e. The van der Waals surface area contributed by atoms with Gasteiger partial charge in [0.15, 0.2) is 0 Å². The minimum atomic E-state index is -0.289. The van der Waals surface area contributed by atoms with E-state index in [4.69, 9.17) is 11.6 Å². The highest BCUT2D eigenvalue weighted by molar-refractivity contribution is 6.29. The van der Waals surface area contributed by atoms with E-state index >= 15 is 0 Å². The van der Waals surface area contributed by atoms with Crippen molar-refractivity contribution < 1.29 is 4.79 Å². The predicted molar refractivity (Wildman–Crippen MR) is 61.0 cm³/mol. The summed E-state index contributed by atoms with van der Waals surface area (Å²) in [4.78, 5) is 15.3. The summed E-state index contributed by atoms with van der Waals surface area (Å²) in [7, 11) is 0. The summed E-state index contributed by atoms with van der Waals surface area (Å²) in [6.07, 6.45) is 1.59. The monoisotopic (exact) mass is 227 g/mol. The molecule has 0 bridgehead atoms. The van der Waals surface area contributed by atoms with E-state index in [0.29, 0.717) is 11.7 Å². The van der Waals surface area contributed by atoms with E-state index in [1.165, 1.54) is 0 Å². The Hall–Kier alpha value is -1.29. The fourth-order valence-corrected chi connectivity index (χ4v) is 1.31. The predicted octanol–water partition coefficient (Wildman–Crippen LogP) is 1.67. The molecule has 0 aliphatic heterocycles. The maximum absolute atomic E-state index is 11.4. The van der Waals surface area contributed by atoms with Gasteiger partial charge in [-0.2, -0.15) is 0 Å². The molecule has 1 amide bonds. The van der Waals surface area contributed by atoms with Gasteiger partial charge in [0, 0.05) is 18.4 Å². The number of hydrogen-bond acceptors (Lipinski definition) is 3. The van der Waals surface area contributed by atoms with Crippen LogP contribution in [0.25, 0.3) is 0 Å². The lowest BCUT2D eigenvalue weighted by molar-refractivity contribution is -0.121. The van der Waals surface area contributed by atoms with Crippen LogP contribution in [0, 0.1) is 0 Å². The first-order valence-electron chi connectivity index (χ1n) is 4.79. The number of carbonyl (C=O) groups is 1. The normalized spacial score (nSPS) is 11.9. The van der Waals surface area contributed by atoms with Gasteiger partial charge in [-0.15, -0.1) is 0 Å². The third-order valence-electron chi connectivity index (χ3n) is 1.85. The van der Waals surface area contributed by atoms with Gasteiger partial charge in [0.2, 0.25) is 5.91 Å². The Labute approximate surface area is 94.0 Å². The Bertz CT molecular complexity index is 343. The van der Waals surface area contributed by atoms with Crippen LogP contribution in [0.1, 0.15) is 13.8 Å². The molecular formula is C10H14ClN3O. The Kier molecular flexibility index (Phi) is 4.37. The third kappa shape index (κ3) is 3.75. The number of nitrogens with one attached hydrogen (secondary N) is 2. The fourth-order valence-electron chi connectivity index (χ4n) is 1.14. The molecule has 0 aliphatic rings. The molecule has 1 atom stereocenters. The smallest absolute Gasteiger partial charge is 0.242 e. The van der Waals surface area contributed by atoms with Crippen molar-refractivity contribution in [1.82, 2.24) is 10.3 Å². The Morgan fingerprint density at radius 2 is 2.40 bits per heavy atom. The Morgan fingerprint density at radius 1 is 1.67 bits per heavy atom. The second-order valence-corrected chi connectivity index (χ2v) is 3.52. The fraction of sp³-hybridized carbons (Fsp3) is 0.400. The van der Waals surface area contributed by atoms with E-state index in [1.807, 2.05) is 6.92 Å². The van der Waals surface area contributed by atoms with Crippen LogP contribution in [0.3, 0.4) is 0 Å². The lowest BCUT2D eigenvalue weighted by Gasteiger charge is -2.14. The zero-order valence-corrected chi connectivity index (χ0v) is 9.51. The van der Waals surface area contributed by atoms with E-state index in [2.05, 4.69) is 15.6 Å². The summed E-state index contributed by atoms with van der Waals surface area (Å²) in [6.45, 7) is 4.30. The summed E-state index contributed by atoms with van der Waals surface area (Å²) >= 11 is 5.72. The molecule has 1 unspecified atom stereocenters. The number of pyridine rings is 1. The lowest BCUT2D eigenvalue weighted by Crippen LogP contribution is -2.37. The van der Waals surface area contributed by atoms with E-state index < -0.39 is 0 Å². The minimum absolute atomic E-state index is 0.0366. The number of aromatic nitrogens is 1. The van der Waals surface area contributed by atoms with Crippen LogP contribution in [0.5, 0.6) is 0 Å². The number of anilines is 1. The molecule has 0 spiro atoms. The van der Waals surface area contributed by atoms with Crippen LogP contribution in [0.4, 0.5) is 5.69 Å². The highest BCUT2D eigenvalue weighted by Gasteiger charge is 2.10. The summed E-state index contributed by atoms with van der Waals surface area (Å²) in [6, 6.07) is 3.15. The molecule has 1 rings (SSSR count).